The number of ketones is 1. The van der Waals surface area contributed by atoms with Crippen LogP contribution < -0.4 is 0 Å². The fourth-order valence-electron chi connectivity index (χ4n) is 2.98. The molecule has 0 aliphatic carbocycles. The highest BCUT2D eigenvalue weighted by Gasteiger charge is 2.42. The standard InChI is InChI=1S/C23H42O6/c1-3-4-5-6-7-8-9-10-11-12-13-14-15-16-17-18-21(26)29-22(27)23(28,19-24)20(2)25/h10-11,22,24,27-28H,3-9,12-19H2,1-2H3. The van der Waals surface area contributed by atoms with Gasteiger partial charge in [0.15, 0.2) is 5.78 Å². The maximum absolute atomic E-state index is 11.7. The van der Waals surface area contributed by atoms with E-state index < -0.39 is 30.3 Å². The van der Waals surface area contributed by atoms with E-state index in [4.69, 9.17) is 5.11 Å². The number of ether oxygens (including phenoxy) is 1. The van der Waals surface area contributed by atoms with E-state index in [1.165, 1.54) is 44.9 Å². The summed E-state index contributed by atoms with van der Waals surface area (Å²) in [6.07, 6.45) is 17.6. The molecule has 0 amide bonds. The topological polar surface area (TPSA) is 104 Å². The van der Waals surface area contributed by atoms with Gasteiger partial charge in [0.05, 0.1) is 6.61 Å². The van der Waals surface area contributed by atoms with E-state index in [0.29, 0.717) is 6.42 Å². The Labute approximate surface area is 176 Å². The van der Waals surface area contributed by atoms with Crippen LogP contribution in [0, 0.1) is 0 Å². The average Bonchev–Trinajstić information content (AvgIpc) is 2.69. The monoisotopic (exact) mass is 414 g/mol. The molecule has 0 aromatic carbocycles. The number of aliphatic hydroxyl groups is 3. The van der Waals surface area contributed by atoms with Gasteiger partial charge in [-0.3, -0.25) is 9.59 Å². The Kier molecular flexibility index (Phi) is 16.9. The van der Waals surface area contributed by atoms with Crippen LogP contribution in [-0.2, 0) is 14.3 Å². The van der Waals surface area contributed by atoms with Gasteiger partial charge in [0.2, 0.25) is 11.9 Å². The van der Waals surface area contributed by atoms with Crippen molar-refractivity contribution in [1.29, 1.82) is 0 Å². The zero-order valence-corrected chi connectivity index (χ0v) is 18.4. The molecule has 2 unspecified atom stereocenters. The van der Waals surface area contributed by atoms with Gasteiger partial charge in [0.1, 0.15) is 0 Å². The number of carbonyl (C=O) groups excluding carboxylic acids is 2. The van der Waals surface area contributed by atoms with Gasteiger partial charge in [0, 0.05) is 6.42 Å². The molecule has 3 N–H and O–H groups in total. The predicted molar refractivity (Wildman–Crippen MR) is 114 cm³/mol. The smallest absolute Gasteiger partial charge is 0.308 e. The van der Waals surface area contributed by atoms with Crippen LogP contribution in [0.1, 0.15) is 104 Å². The summed E-state index contributed by atoms with van der Waals surface area (Å²) in [7, 11) is 0. The number of hydrogen-bond donors (Lipinski definition) is 3. The van der Waals surface area contributed by atoms with Gasteiger partial charge < -0.3 is 20.1 Å². The first kappa shape index (κ1) is 27.8. The minimum Gasteiger partial charge on any atom is -0.432 e. The highest BCUT2D eigenvalue weighted by molar-refractivity contribution is 5.85. The van der Waals surface area contributed by atoms with Crippen LogP contribution in [0.15, 0.2) is 12.2 Å². The Morgan fingerprint density at radius 3 is 1.86 bits per heavy atom. The molecule has 0 aromatic heterocycles. The number of hydrogen-bond acceptors (Lipinski definition) is 6. The maximum atomic E-state index is 11.7. The Hall–Kier alpha value is -1.24. The lowest BCUT2D eigenvalue weighted by atomic mass is 10.00. The molecular formula is C23H42O6. The second-order valence-corrected chi connectivity index (χ2v) is 7.82. The first-order chi connectivity index (χ1) is 13.9. The van der Waals surface area contributed by atoms with E-state index in [-0.39, 0.29) is 6.42 Å². The third-order valence-electron chi connectivity index (χ3n) is 5.15. The van der Waals surface area contributed by atoms with Gasteiger partial charge in [-0.25, -0.2) is 0 Å². The molecule has 0 saturated heterocycles. The fourth-order valence-corrected chi connectivity index (χ4v) is 2.98. The molecule has 0 rings (SSSR count). The van der Waals surface area contributed by atoms with Crippen LogP contribution in [0.3, 0.4) is 0 Å². The minimum atomic E-state index is -2.46. The molecule has 6 heteroatoms. The van der Waals surface area contributed by atoms with Gasteiger partial charge >= 0.3 is 5.97 Å². The number of carbonyl (C=O) groups is 2. The zero-order chi connectivity index (χ0) is 22.0. The summed E-state index contributed by atoms with van der Waals surface area (Å²) in [5.41, 5.74) is -2.46. The molecule has 0 bridgehead atoms. The number of Topliss-reactive ketones (excluding diaryl/α,β-unsaturated/α-hetero) is 1. The molecule has 0 saturated carbocycles. The normalized spacial score (nSPS) is 14.7. The third kappa shape index (κ3) is 13.6. The van der Waals surface area contributed by atoms with Crippen molar-refractivity contribution in [2.75, 3.05) is 6.61 Å². The fraction of sp³-hybridized carbons (Fsp3) is 0.826. The summed E-state index contributed by atoms with van der Waals surface area (Å²) in [6, 6.07) is 0. The quantitative estimate of drug-likeness (QED) is 0.127. The molecule has 0 spiro atoms. The lowest BCUT2D eigenvalue weighted by Crippen LogP contribution is -2.53. The summed E-state index contributed by atoms with van der Waals surface area (Å²) < 4.78 is 4.66. The SMILES string of the molecule is CCCCCCCCC=CCCCCCCCC(=O)OC(O)C(O)(CO)C(C)=O. The summed E-state index contributed by atoms with van der Waals surface area (Å²) in [6.45, 7) is 2.24. The molecule has 0 aliphatic heterocycles. The second kappa shape index (κ2) is 17.6. The lowest BCUT2D eigenvalue weighted by molar-refractivity contribution is -0.220. The zero-order valence-electron chi connectivity index (χ0n) is 18.4. The van der Waals surface area contributed by atoms with Gasteiger partial charge in [-0.2, -0.15) is 0 Å². The highest BCUT2D eigenvalue weighted by atomic mass is 16.6. The largest absolute Gasteiger partial charge is 0.432 e. The molecule has 0 radical (unpaired) electrons. The maximum Gasteiger partial charge on any atom is 0.308 e. The molecular weight excluding hydrogens is 372 g/mol. The molecule has 6 nitrogen and oxygen atoms in total. The second-order valence-electron chi connectivity index (χ2n) is 7.82. The summed E-state index contributed by atoms with van der Waals surface area (Å²) >= 11 is 0. The number of esters is 1. The average molecular weight is 415 g/mol. The molecule has 2 atom stereocenters. The van der Waals surface area contributed by atoms with Crippen molar-refractivity contribution in [2.45, 2.75) is 116 Å². The molecule has 0 aliphatic rings. The Morgan fingerprint density at radius 1 is 0.897 bits per heavy atom. The first-order valence-electron chi connectivity index (χ1n) is 11.2. The van der Waals surface area contributed by atoms with Crippen molar-refractivity contribution in [2.24, 2.45) is 0 Å². The van der Waals surface area contributed by atoms with Crippen LogP contribution in [-0.4, -0.2) is 45.6 Å². The minimum absolute atomic E-state index is 0.106. The van der Waals surface area contributed by atoms with E-state index in [1.807, 2.05) is 0 Å². The molecule has 0 heterocycles. The Morgan fingerprint density at radius 2 is 1.38 bits per heavy atom. The molecule has 29 heavy (non-hydrogen) atoms. The van der Waals surface area contributed by atoms with E-state index in [1.54, 1.807) is 0 Å². The van der Waals surface area contributed by atoms with Crippen LogP contribution in [0.25, 0.3) is 0 Å². The van der Waals surface area contributed by atoms with Gasteiger partial charge in [-0.05, 0) is 39.0 Å². The van der Waals surface area contributed by atoms with Gasteiger partial charge in [0.25, 0.3) is 0 Å². The van der Waals surface area contributed by atoms with Crippen molar-refractivity contribution in [3.05, 3.63) is 12.2 Å². The predicted octanol–water partition coefficient (Wildman–Crippen LogP) is 4.20. The number of unbranched alkanes of at least 4 members (excludes halogenated alkanes) is 11. The third-order valence-corrected chi connectivity index (χ3v) is 5.15. The van der Waals surface area contributed by atoms with Crippen LogP contribution >= 0.6 is 0 Å². The summed E-state index contributed by atoms with van der Waals surface area (Å²) in [5.74, 6) is -1.55. The number of aliphatic hydroxyl groups excluding tert-OH is 2. The van der Waals surface area contributed by atoms with E-state index in [0.717, 1.165) is 39.0 Å². The van der Waals surface area contributed by atoms with Gasteiger partial charge in [-0.1, -0.05) is 70.4 Å². The Balaban J connectivity index is 3.60. The molecule has 170 valence electrons. The number of rotatable bonds is 19. The van der Waals surface area contributed by atoms with Crippen molar-refractivity contribution in [3.8, 4) is 0 Å². The van der Waals surface area contributed by atoms with E-state index in [9.17, 15) is 19.8 Å². The summed E-state index contributed by atoms with van der Waals surface area (Å²) in [4.78, 5) is 22.9. The highest BCUT2D eigenvalue weighted by Crippen LogP contribution is 2.15. The van der Waals surface area contributed by atoms with Crippen molar-refractivity contribution < 1.29 is 29.6 Å². The van der Waals surface area contributed by atoms with Crippen molar-refractivity contribution in [3.63, 3.8) is 0 Å². The Bertz CT molecular complexity index is 462. The van der Waals surface area contributed by atoms with Crippen LogP contribution in [0.5, 0.6) is 0 Å². The first-order valence-corrected chi connectivity index (χ1v) is 11.2. The van der Waals surface area contributed by atoms with Gasteiger partial charge in [-0.15, -0.1) is 0 Å². The van der Waals surface area contributed by atoms with Crippen molar-refractivity contribution in [1.82, 2.24) is 0 Å². The summed E-state index contributed by atoms with van der Waals surface area (Å²) in [5, 5.41) is 28.5. The van der Waals surface area contributed by atoms with E-state index in [2.05, 4.69) is 23.8 Å². The van der Waals surface area contributed by atoms with E-state index >= 15 is 0 Å². The van der Waals surface area contributed by atoms with Crippen molar-refractivity contribution >= 4 is 11.8 Å². The van der Waals surface area contributed by atoms with Crippen LogP contribution in [0.2, 0.25) is 0 Å². The van der Waals surface area contributed by atoms with Crippen LogP contribution in [0.4, 0.5) is 0 Å². The lowest BCUT2D eigenvalue weighted by Gasteiger charge is -2.27. The molecule has 0 aromatic rings. The molecule has 0 fully saturated rings. The number of allylic oxidation sites excluding steroid dienone is 2.